The van der Waals surface area contributed by atoms with Crippen molar-refractivity contribution >= 4 is 21.8 Å². The van der Waals surface area contributed by atoms with Gasteiger partial charge in [0.2, 0.25) is 0 Å². The highest BCUT2D eigenvalue weighted by Gasteiger charge is 2.35. The van der Waals surface area contributed by atoms with Gasteiger partial charge in [-0.05, 0) is 52.7 Å². The third kappa shape index (κ3) is 2.86. The Morgan fingerprint density at radius 3 is 2.88 bits per heavy atom. The number of nitrogens with zero attached hydrogens (tertiary/aromatic N) is 1. The van der Waals surface area contributed by atoms with E-state index in [0.29, 0.717) is 15.6 Å². The first-order valence-corrected chi connectivity index (χ1v) is 6.84. The van der Waals surface area contributed by atoms with Crippen molar-refractivity contribution in [3.05, 3.63) is 28.5 Å². The monoisotopic (exact) mass is 296 g/mol. The predicted octanol–water partition coefficient (Wildman–Crippen LogP) is 3.15. The van der Waals surface area contributed by atoms with Crippen LogP contribution in [0.4, 0.5) is 0 Å². The van der Waals surface area contributed by atoms with Crippen LogP contribution in [0, 0.1) is 5.41 Å². The van der Waals surface area contributed by atoms with Crippen molar-refractivity contribution < 1.29 is 4.79 Å². The second kappa shape index (κ2) is 5.17. The van der Waals surface area contributed by atoms with Gasteiger partial charge in [0.1, 0.15) is 4.60 Å². The highest BCUT2D eigenvalue weighted by atomic mass is 79.9. The predicted molar refractivity (Wildman–Crippen MR) is 70.8 cm³/mol. The van der Waals surface area contributed by atoms with Gasteiger partial charge in [-0.15, -0.1) is 0 Å². The first kappa shape index (κ1) is 12.6. The van der Waals surface area contributed by atoms with Crippen molar-refractivity contribution in [3.8, 4) is 0 Å². The Balaban J connectivity index is 1.93. The van der Waals surface area contributed by atoms with Crippen LogP contribution in [0.2, 0.25) is 0 Å². The van der Waals surface area contributed by atoms with E-state index in [-0.39, 0.29) is 5.91 Å². The number of hydrogen-bond acceptors (Lipinski definition) is 2. The molecular formula is C13H17BrN2O. The van der Waals surface area contributed by atoms with Gasteiger partial charge < -0.3 is 5.32 Å². The topological polar surface area (TPSA) is 42.0 Å². The Labute approximate surface area is 110 Å². The summed E-state index contributed by atoms with van der Waals surface area (Å²) in [6, 6.07) is 3.48. The molecule has 1 aromatic rings. The molecule has 1 aliphatic carbocycles. The van der Waals surface area contributed by atoms with E-state index in [1.807, 2.05) is 0 Å². The number of nitrogens with one attached hydrogen (secondary N) is 1. The summed E-state index contributed by atoms with van der Waals surface area (Å²) < 4.78 is 0.694. The lowest BCUT2D eigenvalue weighted by Gasteiger charge is -2.41. The van der Waals surface area contributed by atoms with E-state index in [1.165, 1.54) is 19.3 Å². The molecule has 0 unspecified atom stereocenters. The van der Waals surface area contributed by atoms with E-state index in [0.717, 1.165) is 13.0 Å². The summed E-state index contributed by atoms with van der Waals surface area (Å²) in [5.41, 5.74) is 1.03. The van der Waals surface area contributed by atoms with E-state index >= 15 is 0 Å². The number of pyridine rings is 1. The molecule has 0 aromatic carbocycles. The van der Waals surface area contributed by atoms with Gasteiger partial charge in [-0.25, -0.2) is 4.98 Å². The fourth-order valence-corrected chi connectivity index (χ4v) is 2.61. The quantitative estimate of drug-likeness (QED) is 0.867. The summed E-state index contributed by atoms with van der Waals surface area (Å²) in [5.74, 6) is -0.00664. The molecule has 4 heteroatoms. The average Bonchev–Trinajstić information content (AvgIpc) is 2.28. The molecule has 92 valence electrons. The zero-order chi connectivity index (χ0) is 12.3. The lowest BCUT2D eigenvalue weighted by atomic mass is 9.67. The van der Waals surface area contributed by atoms with Gasteiger partial charge in [-0.2, -0.15) is 0 Å². The molecule has 0 bridgehead atoms. The Morgan fingerprint density at radius 2 is 2.35 bits per heavy atom. The fourth-order valence-electron chi connectivity index (χ4n) is 2.25. The first-order valence-electron chi connectivity index (χ1n) is 6.05. The van der Waals surface area contributed by atoms with E-state index in [2.05, 4.69) is 33.2 Å². The molecule has 1 heterocycles. The Morgan fingerprint density at radius 1 is 1.59 bits per heavy atom. The normalized spacial score (nSPS) is 17.3. The minimum atomic E-state index is -0.00664. The number of carbonyl (C=O) groups excluding carboxylic acids is 1. The summed E-state index contributed by atoms with van der Waals surface area (Å²) in [6.07, 6.45) is 6.56. The third-order valence-electron chi connectivity index (χ3n) is 3.78. The van der Waals surface area contributed by atoms with Crippen LogP contribution < -0.4 is 5.32 Å². The third-order valence-corrected chi connectivity index (χ3v) is 4.21. The van der Waals surface area contributed by atoms with Crippen molar-refractivity contribution in [1.29, 1.82) is 0 Å². The van der Waals surface area contributed by atoms with E-state index in [1.54, 1.807) is 18.3 Å². The van der Waals surface area contributed by atoms with Gasteiger partial charge in [0.15, 0.2) is 0 Å². The van der Waals surface area contributed by atoms with Gasteiger partial charge in [0.05, 0.1) is 0 Å². The average molecular weight is 297 g/mol. The molecular weight excluding hydrogens is 280 g/mol. The minimum Gasteiger partial charge on any atom is -0.351 e. The van der Waals surface area contributed by atoms with Gasteiger partial charge in [-0.3, -0.25) is 4.79 Å². The van der Waals surface area contributed by atoms with E-state index < -0.39 is 0 Å². The first-order chi connectivity index (χ1) is 8.15. The molecule has 1 aliphatic rings. The zero-order valence-electron chi connectivity index (χ0n) is 10.0. The molecule has 1 N–H and O–H groups in total. The number of rotatable bonds is 4. The standard InChI is InChI=1S/C13H17BrN2O/c1-2-13(5-3-6-13)9-16-12(17)10-4-7-15-11(14)8-10/h4,7-8H,2-3,5-6,9H2,1H3,(H,16,17). The molecule has 1 saturated carbocycles. The lowest BCUT2D eigenvalue weighted by Crippen LogP contribution is -2.41. The van der Waals surface area contributed by atoms with Crippen molar-refractivity contribution in [2.24, 2.45) is 5.41 Å². The molecule has 2 rings (SSSR count). The molecule has 1 aromatic heterocycles. The van der Waals surface area contributed by atoms with Crippen LogP contribution in [0.5, 0.6) is 0 Å². The second-order valence-electron chi connectivity index (χ2n) is 4.76. The Bertz CT molecular complexity index is 410. The molecule has 0 spiro atoms. The van der Waals surface area contributed by atoms with E-state index in [4.69, 9.17) is 0 Å². The second-order valence-corrected chi connectivity index (χ2v) is 5.57. The maximum Gasteiger partial charge on any atom is 0.251 e. The summed E-state index contributed by atoms with van der Waals surface area (Å²) in [6.45, 7) is 3.00. The maximum absolute atomic E-state index is 11.9. The van der Waals surface area contributed by atoms with Crippen LogP contribution >= 0.6 is 15.9 Å². The fraction of sp³-hybridized carbons (Fsp3) is 0.538. The molecule has 0 radical (unpaired) electrons. The van der Waals surface area contributed by atoms with Crippen LogP contribution in [0.1, 0.15) is 43.0 Å². The van der Waals surface area contributed by atoms with Crippen LogP contribution in [-0.2, 0) is 0 Å². The smallest absolute Gasteiger partial charge is 0.251 e. The van der Waals surface area contributed by atoms with Crippen LogP contribution in [0.25, 0.3) is 0 Å². The Kier molecular flexibility index (Phi) is 3.82. The number of carbonyl (C=O) groups is 1. The van der Waals surface area contributed by atoms with Gasteiger partial charge >= 0.3 is 0 Å². The molecule has 1 fully saturated rings. The SMILES string of the molecule is CCC1(CNC(=O)c2ccnc(Br)c2)CCC1. The molecule has 0 atom stereocenters. The summed E-state index contributed by atoms with van der Waals surface area (Å²) >= 11 is 3.27. The summed E-state index contributed by atoms with van der Waals surface area (Å²) in [7, 11) is 0. The van der Waals surface area contributed by atoms with Crippen molar-refractivity contribution in [2.75, 3.05) is 6.54 Å². The maximum atomic E-state index is 11.9. The summed E-state index contributed by atoms with van der Waals surface area (Å²) in [4.78, 5) is 16.0. The highest BCUT2D eigenvalue weighted by Crippen LogP contribution is 2.43. The molecule has 17 heavy (non-hydrogen) atoms. The lowest BCUT2D eigenvalue weighted by molar-refractivity contribution is 0.0850. The van der Waals surface area contributed by atoms with Crippen LogP contribution in [-0.4, -0.2) is 17.4 Å². The molecule has 3 nitrogen and oxygen atoms in total. The van der Waals surface area contributed by atoms with Gasteiger partial charge in [0.25, 0.3) is 5.91 Å². The van der Waals surface area contributed by atoms with E-state index in [9.17, 15) is 4.79 Å². The molecule has 0 saturated heterocycles. The van der Waals surface area contributed by atoms with Crippen molar-refractivity contribution in [3.63, 3.8) is 0 Å². The highest BCUT2D eigenvalue weighted by molar-refractivity contribution is 9.10. The largest absolute Gasteiger partial charge is 0.351 e. The number of amides is 1. The summed E-state index contributed by atoms with van der Waals surface area (Å²) in [5, 5.41) is 3.03. The number of halogens is 1. The number of aromatic nitrogens is 1. The van der Waals surface area contributed by atoms with Crippen LogP contribution in [0.3, 0.4) is 0 Å². The Hall–Kier alpha value is -0.900. The minimum absolute atomic E-state index is 0.00664. The van der Waals surface area contributed by atoms with Gasteiger partial charge in [-0.1, -0.05) is 13.3 Å². The van der Waals surface area contributed by atoms with Crippen molar-refractivity contribution in [1.82, 2.24) is 10.3 Å². The van der Waals surface area contributed by atoms with Crippen LogP contribution in [0.15, 0.2) is 22.9 Å². The zero-order valence-corrected chi connectivity index (χ0v) is 11.6. The molecule has 1 amide bonds. The van der Waals surface area contributed by atoms with Gasteiger partial charge in [0, 0.05) is 18.3 Å². The number of hydrogen-bond donors (Lipinski definition) is 1. The molecule has 0 aliphatic heterocycles. The van der Waals surface area contributed by atoms with Crippen molar-refractivity contribution in [2.45, 2.75) is 32.6 Å².